The van der Waals surface area contributed by atoms with E-state index in [1.54, 1.807) is 30.5 Å². The van der Waals surface area contributed by atoms with Crippen LogP contribution in [0, 0.1) is 11.8 Å². The molecule has 2 heterocycles. The van der Waals surface area contributed by atoms with E-state index in [0.29, 0.717) is 53.5 Å². The van der Waals surface area contributed by atoms with Gasteiger partial charge in [0, 0.05) is 25.4 Å². The van der Waals surface area contributed by atoms with E-state index in [2.05, 4.69) is 20.6 Å². The maximum absolute atomic E-state index is 13.1. The van der Waals surface area contributed by atoms with Crippen LogP contribution in [0.3, 0.4) is 0 Å². The van der Waals surface area contributed by atoms with Gasteiger partial charge in [-0.25, -0.2) is 4.79 Å². The topological polar surface area (TPSA) is 112 Å². The van der Waals surface area contributed by atoms with Crippen molar-refractivity contribution < 1.29 is 23.8 Å². The van der Waals surface area contributed by atoms with Gasteiger partial charge in [-0.15, -0.1) is 0 Å². The van der Waals surface area contributed by atoms with Crippen molar-refractivity contribution in [3.8, 4) is 23.0 Å². The summed E-state index contributed by atoms with van der Waals surface area (Å²) in [4.78, 5) is 33.7. The van der Waals surface area contributed by atoms with E-state index in [4.69, 9.17) is 14.2 Å². The van der Waals surface area contributed by atoms with Crippen molar-refractivity contribution in [2.75, 3.05) is 27.3 Å². The zero-order valence-corrected chi connectivity index (χ0v) is 21.2. The Kier molecular flexibility index (Phi) is 8.89. The summed E-state index contributed by atoms with van der Waals surface area (Å²) in [5.41, 5.74) is 1.10. The summed E-state index contributed by atoms with van der Waals surface area (Å²) in [6.07, 6.45) is 5.27. The largest absolute Gasteiger partial charge is 0.481 e. The average Bonchev–Trinajstić information content (AvgIpc) is 2.85. The van der Waals surface area contributed by atoms with Gasteiger partial charge in [0.25, 0.3) is 5.91 Å². The summed E-state index contributed by atoms with van der Waals surface area (Å²) in [6.45, 7) is 6.77. The third-order valence-electron chi connectivity index (χ3n) is 6.00. The summed E-state index contributed by atoms with van der Waals surface area (Å²) in [7, 11) is 3.05. The zero-order valence-electron chi connectivity index (χ0n) is 21.2. The first-order chi connectivity index (χ1) is 16.7. The van der Waals surface area contributed by atoms with Crippen molar-refractivity contribution in [2.45, 2.75) is 52.1 Å². The lowest BCUT2D eigenvalue weighted by molar-refractivity contribution is 0.0512. The third-order valence-corrected chi connectivity index (χ3v) is 6.00. The van der Waals surface area contributed by atoms with E-state index in [9.17, 15) is 9.59 Å². The van der Waals surface area contributed by atoms with Gasteiger partial charge in [-0.2, -0.15) is 4.98 Å². The summed E-state index contributed by atoms with van der Waals surface area (Å²) in [6, 6.07) is 6.99. The highest BCUT2D eigenvalue weighted by molar-refractivity contribution is 6.00. The lowest BCUT2D eigenvalue weighted by atomic mass is 9.82. The van der Waals surface area contributed by atoms with Crippen molar-refractivity contribution in [3.05, 3.63) is 36.0 Å². The minimum Gasteiger partial charge on any atom is -0.481 e. The average molecular weight is 485 g/mol. The minimum atomic E-state index is -0.497. The predicted molar refractivity (Wildman–Crippen MR) is 133 cm³/mol. The number of rotatable bonds is 8. The molecule has 1 saturated carbocycles. The van der Waals surface area contributed by atoms with Gasteiger partial charge >= 0.3 is 6.09 Å². The SMILES string of the molecule is COc1ccc(-c2ncccc2C(=O)NCC2CCC(CNC(=O)OC(C)(C)C)CC2)c(OC)n1. The Morgan fingerprint density at radius 1 is 0.971 bits per heavy atom. The molecule has 1 aliphatic rings. The molecule has 1 aliphatic carbocycles. The van der Waals surface area contributed by atoms with Crippen molar-refractivity contribution in [3.63, 3.8) is 0 Å². The van der Waals surface area contributed by atoms with Gasteiger partial charge in [-0.3, -0.25) is 9.78 Å². The van der Waals surface area contributed by atoms with Crippen LogP contribution >= 0.6 is 0 Å². The second-order valence-corrected chi connectivity index (χ2v) is 9.79. The van der Waals surface area contributed by atoms with E-state index in [-0.39, 0.29) is 12.0 Å². The van der Waals surface area contributed by atoms with Crippen LogP contribution in [0.2, 0.25) is 0 Å². The summed E-state index contributed by atoms with van der Waals surface area (Å²) >= 11 is 0. The van der Waals surface area contributed by atoms with E-state index < -0.39 is 5.60 Å². The maximum atomic E-state index is 13.1. The van der Waals surface area contributed by atoms with E-state index in [1.165, 1.54) is 14.2 Å². The fraction of sp³-hybridized carbons (Fsp3) is 0.538. The molecule has 9 nitrogen and oxygen atoms in total. The molecule has 0 spiro atoms. The van der Waals surface area contributed by atoms with E-state index >= 15 is 0 Å². The summed E-state index contributed by atoms with van der Waals surface area (Å²) in [5, 5.41) is 5.95. The number of aromatic nitrogens is 2. The van der Waals surface area contributed by atoms with Gasteiger partial charge in [0.15, 0.2) is 0 Å². The van der Waals surface area contributed by atoms with Crippen LogP contribution in [-0.2, 0) is 4.74 Å². The minimum absolute atomic E-state index is 0.181. The monoisotopic (exact) mass is 484 g/mol. The molecular weight excluding hydrogens is 448 g/mol. The standard InChI is InChI=1S/C26H36N4O5/c1-26(2,3)35-25(32)29-16-18-10-8-17(9-11-18)15-28-23(31)19-7-6-14-27-22(19)20-12-13-21(33-4)30-24(20)34-5/h6-7,12-14,17-18H,8-11,15-16H2,1-5H3,(H,28,31)(H,29,32). The van der Waals surface area contributed by atoms with Crippen molar-refractivity contribution in [1.29, 1.82) is 0 Å². The fourth-order valence-electron chi connectivity index (χ4n) is 4.19. The van der Waals surface area contributed by atoms with Crippen LogP contribution < -0.4 is 20.1 Å². The smallest absolute Gasteiger partial charge is 0.407 e. The van der Waals surface area contributed by atoms with Crippen LogP contribution in [0.5, 0.6) is 11.8 Å². The highest BCUT2D eigenvalue weighted by atomic mass is 16.6. The number of alkyl carbamates (subject to hydrolysis) is 1. The Morgan fingerprint density at radius 3 is 2.23 bits per heavy atom. The molecule has 0 unspecified atom stereocenters. The number of hydrogen-bond acceptors (Lipinski definition) is 7. The van der Waals surface area contributed by atoms with Crippen LogP contribution in [0.15, 0.2) is 30.5 Å². The predicted octanol–water partition coefficient (Wildman–Crippen LogP) is 4.22. The quantitative estimate of drug-likeness (QED) is 0.577. The first kappa shape index (κ1) is 26.2. The highest BCUT2D eigenvalue weighted by Gasteiger charge is 2.24. The second kappa shape index (κ2) is 11.9. The fourth-order valence-corrected chi connectivity index (χ4v) is 4.19. The third kappa shape index (κ3) is 7.56. The molecule has 35 heavy (non-hydrogen) atoms. The Hall–Kier alpha value is -3.36. The van der Waals surface area contributed by atoms with Gasteiger partial charge in [-0.05, 0) is 76.5 Å². The Balaban J connectivity index is 1.53. The molecule has 0 aliphatic heterocycles. The molecule has 2 aromatic heterocycles. The van der Waals surface area contributed by atoms with Crippen LogP contribution in [0.1, 0.15) is 56.8 Å². The molecule has 0 aromatic carbocycles. The van der Waals surface area contributed by atoms with Crippen LogP contribution in [0.25, 0.3) is 11.3 Å². The number of methoxy groups -OCH3 is 2. The number of carbonyl (C=O) groups is 2. The number of nitrogens with one attached hydrogen (secondary N) is 2. The molecule has 3 rings (SSSR count). The highest BCUT2D eigenvalue weighted by Crippen LogP contribution is 2.31. The number of pyridine rings is 2. The van der Waals surface area contributed by atoms with Crippen LogP contribution in [-0.4, -0.2) is 54.9 Å². The maximum Gasteiger partial charge on any atom is 0.407 e. The van der Waals surface area contributed by atoms with Gasteiger partial charge < -0.3 is 24.8 Å². The van der Waals surface area contributed by atoms with Gasteiger partial charge in [-0.1, -0.05) is 0 Å². The molecule has 9 heteroatoms. The molecule has 1 fully saturated rings. The summed E-state index contributed by atoms with van der Waals surface area (Å²) < 4.78 is 15.9. The van der Waals surface area contributed by atoms with Crippen molar-refractivity contribution >= 4 is 12.0 Å². The Labute approximate surface area is 207 Å². The normalized spacial score (nSPS) is 17.9. The van der Waals surface area contributed by atoms with Crippen LogP contribution in [0.4, 0.5) is 4.79 Å². The lowest BCUT2D eigenvalue weighted by Crippen LogP contribution is -2.37. The first-order valence-electron chi connectivity index (χ1n) is 12.0. The summed E-state index contributed by atoms with van der Waals surface area (Å²) in [5.74, 6) is 1.41. The van der Waals surface area contributed by atoms with E-state index in [0.717, 1.165) is 25.7 Å². The van der Waals surface area contributed by atoms with Gasteiger partial charge in [0.05, 0.1) is 31.0 Å². The van der Waals surface area contributed by atoms with E-state index in [1.807, 2.05) is 20.8 Å². The molecule has 0 bridgehead atoms. The molecule has 0 saturated heterocycles. The molecule has 2 aromatic rings. The molecule has 190 valence electrons. The number of nitrogens with zero attached hydrogens (tertiary/aromatic N) is 2. The zero-order chi connectivity index (χ0) is 25.4. The van der Waals surface area contributed by atoms with Gasteiger partial charge in [0.1, 0.15) is 5.60 Å². The molecule has 2 amide bonds. The van der Waals surface area contributed by atoms with Crippen molar-refractivity contribution in [1.82, 2.24) is 20.6 Å². The Morgan fingerprint density at radius 2 is 1.63 bits per heavy atom. The Bertz CT molecular complexity index is 1010. The first-order valence-corrected chi connectivity index (χ1v) is 12.0. The molecule has 0 radical (unpaired) electrons. The number of hydrogen-bond donors (Lipinski definition) is 2. The lowest BCUT2D eigenvalue weighted by Gasteiger charge is -2.29. The molecule has 2 N–H and O–H groups in total. The second-order valence-electron chi connectivity index (χ2n) is 9.79. The number of ether oxygens (including phenoxy) is 3. The molecular formula is C26H36N4O5. The van der Waals surface area contributed by atoms with Crippen molar-refractivity contribution in [2.24, 2.45) is 11.8 Å². The number of amides is 2. The van der Waals surface area contributed by atoms with Gasteiger partial charge in [0.2, 0.25) is 11.8 Å². The number of carbonyl (C=O) groups excluding carboxylic acids is 2. The molecule has 0 atom stereocenters.